The molecule has 0 saturated carbocycles. The minimum atomic E-state index is -0.726. The zero-order chi connectivity index (χ0) is 17.8. The zero-order valence-electron chi connectivity index (χ0n) is 14.7. The summed E-state index contributed by atoms with van der Waals surface area (Å²) in [5.74, 6) is -0.0322. The number of amides is 2. The van der Waals surface area contributed by atoms with E-state index in [0.29, 0.717) is 25.5 Å². The molecule has 0 radical (unpaired) electrons. The lowest BCUT2D eigenvalue weighted by molar-refractivity contribution is -0.122. The topological polar surface area (TPSA) is 76.7 Å². The van der Waals surface area contributed by atoms with E-state index in [0.717, 1.165) is 12.0 Å². The maximum atomic E-state index is 12.3. The van der Waals surface area contributed by atoms with Crippen molar-refractivity contribution in [1.82, 2.24) is 10.6 Å². The lowest BCUT2D eigenvalue weighted by Gasteiger charge is -2.19. The van der Waals surface area contributed by atoms with Crippen LogP contribution < -0.4 is 10.6 Å². The van der Waals surface area contributed by atoms with Gasteiger partial charge in [0.15, 0.2) is 0 Å². The quantitative estimate of drug-likeness (QED) is 0.642. The Labute approximate surface area is 143 Å². The molecule has 0 fully saturated rings. The molecule has 2 amide bonds. The van der Waals surface area contributed by atoms with Gasteiger partial charge in [0.2, 0.25) is 5.91 Å². The van der Waals surface area contributed by atoms with Gasteiger partial charge >= 0.3 is 6.09 Å². The largest absolute Gasteiger partial charge is 0.444 e. The van der Waals surface area contributed by atoms with Crippen molar-refractivity contribution in [3.05, 3.63) is 35.9 Å². The van der Waals surface area contributed by atoms with Crippen molar-refractivity contribution in [3.8, 4) is 0 Å². The van der Waals surface area contributed by atoms with Crippen molar-refractivity contribution in [1.29, 1.82) is 0 Å². The molecule has 0 bridgehead atoms. The molecule has 134 valence electrons. The van der Waals surface area contributed by atoms with E-state index in [-0.39, 0.29) is 12.5 Å². The minimum absolute atomic E-state index is 0.135. The standard InChI is InChI=1S/C18H28N2O4/c1-14(2)12-16(19-10-7-11-23-3)17(21)20-18(22)24-13-15-8-5-4-6-9-15/h4-6,8-9,14,16,19H,7,10-13H2,1-3H3,(H,20,21,22)/t16-/m0/s1. The molecule has 0 aliphatic heterocycles. The summed E-state index contributed by atoms with van der Waals surface area (Å²) in [4.78, 5) is 24.0. The molecule has 0 spiro atoms. The summed E-state index contributed by atoms with van der Waals surface area (Å²) in [6, 6.07) is 8.90. The van der Waals surface area contributed by atoms with E-state index in [4.69, 9.17) is 9.47 Å². The fourth-order valence-corrected chi connectivity index (χ4v) is 2.19. The summed E-state index contributed by atoms with van der Waals surface area (Å²) in [5.41, 5.74) is 0.872. The Morgan fingerprint density at radius 2 is 1.88 bits per heavy atom. The summed E-state index contributed by atoms with van der Waals surface area (Å²) in [5, 5.41) is 5.47. The maximum Gasteiger partial charge on any atom is 0.414 e. The maximum absolute atomic E-state index is 12.3. The van der Waals surface area contributed by atoms with Gasteiger partial charge in [0.05, 0.1) is 6.04 Å². The zero-order valence-corrected chi connectivity index (χ0v) is 14.7. The SMILES string of the molecule is COCCCN[C@@H](CC(C)C)C(=O)NC(=O)OCc1ccccc1. The van der Waals surface area contributed by atoms with Gasteiger partial charge in [-0.25, -0.2) is 4.79 Å². The second-order valence-electron chi connectivity index (χ2n) is 6.03. The fraction of sp³-hybridized carbons (Fsp3) is 0.556. The van der Waals surface area contributed by atoms with Crippen molar-refractivity contribution >= 4 is 12.0 Å². The Bertz CT molecular complexity index is 491. The lowest BCUT2D eigenvalue weighted by atomic mass is 10.0. The highest BCUT2D eigenvalue weighted by Crippen LogP contribution is 2.06. The van der Waals surface area contributed by atoms with E-state index >= 15 is 0 Å². The van der Waals surface area contributed by atoms with E-state index in [1.807, 2.05) is 44.2 Å². The molecule has 0 aliphatic carbocycles. The normalized spacial score (nSPS) is 12.0. The van der Waals surface area contributed by atoms with Crippen LogP contribution in [0, 0.1) is 5.92 Å². The first kappa shape index (κ1) is 20.1. The van der Waals surface area contributed by atoms with Gasteiger partial charge in [0.25, 0.3) is 0 Å². The number of ether oxygens (including phenoxy) is 2. The number of nitrogens with one attached hydrogen (secondary N) is 2. The highest BCUT2D eigenvalue weighted by molar-refractivity contribution is 5.94. The van der Waals surface area contributed by atoms with E-state index < -0.39 is 12.1 Å². The number of hydrogen-bond acceptors (Lipinski definition) is 5. The fourth-order valence-electron chi connectivity index (χ4n) is 2.19. The second kappa shape index (κ2) is 11.6. The predicted molar refractivity (Wildman–Crippen MR) is 92.5 cm³/mol. The average molecular weight is 336 g/mol. The Balaban J connectivity index is 2.42. The van der Waals surface area contributed by atoms with Gasteiger partial charge in [-0.15, -0.1) is 0 Å². The van der Waals surface area contributed by atoms with Gasteiger partial charge < -0.3 is 14.8 Å². The summed E-state index contributed by atoms with van der Waals surface area (Å²) >= 11 is 0. The first-order valence-corrected chi connectivity index (χ1v) is 8.26. The third-order valence-corrected chi connectivity index (χ3v) is 3.38. The van der Waals surface area contributed by atoms with E-state index in [9.17, 15) is 9.59 Å². The number of carbonyl (C=O) groups is 2. The van der Waals surface area contributed by atoms with E-state index in [2.05, 4.69) is 10.6 Å². The van der Waals surface area contributed by atoms with Crippen LogP contribution in [0.4, 0.5) is 4.79 Å². The number of methoxy groups -OCH3 is 1. The minimum Gasteiger partial charge on any atom is -0.444 e. The molecular weight excluding hydrogens is 308 g/mol. The first-order valence-electron chi connectivity index (χ1n) is 8.26. The predicted octanol–water partition coefficient (Wildman–Crippen LogP) is 2.48. The molecule has 0 heterocycles. The molecular formula is C18H28N2O4. The van der Waals surface area contributed by atoms with Crippen LogP contribution in [0.1, 0.15) is 32.3 Å². The Hall–Kier alpha value is -1.92. The van der Waals surface area contributed by atoms with E-state index in [1.54, 1.807) is 7.11 Å². The Morgan fingerprint density at radius 1 is 1.17 bits per heavy atom. The van der Waals surface area contributed by atoms with Gasteiger partial charge in [0, 0.05) is 13.7 Å². The van der Waals surface area contributed by atoms with Gasteiger partial charge in [-0.1, -0.05) is 44.2 Å². The summed E-state index contributed by atoms with van der Waals surface area (Å²) < 4.78 is 10.1. The Morgan fingerprint density at radius 3 is 2.50 bits per heavy atom. The van der Waals surface area contributed by atoms with Crippen molar-refractivity contribution in [2.24, 2.45) is 5.92 Å². The molecule has 1 aromatic carbocycles. The smallest absolute Gasteiger partial charge is 0.414 e. The third-order valence-electron chi connectivity index (χ3n) is 3.38. The van der Waals surface area contributed by atoms with Crippen molar-refractivity contribution in [2.45, 2.75) is 39.3 Å². The number of rotatable bonds is 10. The molecule has 1 atom stereocenters. The molecule has 24 heavy (non-hydrogen) atoms. The van der Waals surface area contributed by atoms with Gasteiger partial charge in [-0.2, -0.15) is 0 Å². The van der Waals surface area contributed by atoms with Gasteiger partial charge in [-0.3, -0.25) is 10.1 Å². The van der Waals surface area contributed by atoms with Crippen LogP contribution in [0.5, 0.6) is 0 Å². The Kier molecular flexibility index (Phi) is 9.72. The average Bonchev–Trinajstić information content (AvgIpc) is 2.56. The molecule has 6 nitrogen and oxygen atoms in total. The van der Waals surface area contributed by atoms with Crippen LogP contribution in [0.25, 0.3) is 0 Å². The molecule has 1 aromatic rings. The van der Waals surface area contributed by atoms with Crippen LogP contribution in [0.3, 0.4) is 0 Å². The molecule has 0 aromatic heterocycles. The van der Waals surface area contributed by atoms with Crippen LogP contribution in [-0.2, 0) is 20.9 Å². The van der Waals surface area contributed by atoms with Crippen LogP contribution >= 0.6 is 0 Å². The number of imide groups is 1. The summed E-state index contributed by atoms with van der Waals surface area (Å²) in [6.07, 6.45) is 0.720. The number of benzene rings is 1. The highest BCUT2D eigenvalue weighted by atomic mass is 16.5. The third kappa shape index (κ3) is 8.64. The van der Waals surface area contributed by atoms with Gasteiger partial charge in [-0.05, 0) is 30.9 Å². The summed E-state index contributed by atoms with van der Waals surface area (Å²) in [6.45, 7) is 5.48. The van der Waals surface area contributed by atoms with Crippen molar-refractivity contribution in [3.63, 3.8) is 0 Å². The van der Waals surface area contributed by atoms with Crippen LogP contribution in [-0.4, -0.2) is 38.3 Å². The molecule has 1 rings (SSSR count). The monoisotopic (exact) mass is 336 g/mol. The van der Waals surface area contributed by atoms with Crippen LogP contribution in [0.2, 0.25) is 0 Å². The molecule has 0 unspecified atom stereocenters. The van der Waals surface area contributed by atoms with Crippen LogP contribution in [0.15, 0.2) is 30.3 Å². The summed E-state index contributed by atoms with van der Waals surface area (Å²) in [7, 11) is 1.64. The lowest BCUT2D eigenvalue weighted by Crippen LogP contribution is -2.47. The van der Waals surface area contributed by atoms with Crippen molar-refractivity contribution in [2.75, 3.05) is 20.3 Å². The number of alkyl carbamates (subject to hydrolysis) is 1. The first-order chi connectivity index (χ1) is 11.5. The molecule has 0 saturated heterocycles. The molecule has 0 aliphatic rings. The molecule has 6 heteroatoms. The number of carbonyl (C=O) groups excluding carboxylic acids is 2. The van der Waals surface area contributed by atoms with Crippen molar-refractivity contribution < 1.29 is 19.1 Å². The number of hydrogen-bond donors (Lipinski definition) is 2. The van der Waals surface area contributed by atoms with Gasteiger partial charge in [0.1, 0.15) is 6.61 Å². The molecule has 2 N–H and O–H groups in total. The van der Waals surface area contributed by atoms with E-state index in [1.165, 1.54) is 0 Å². The second-order valence-corrected chi connectivity index (χ2v) is 6.03. The highest BCUT2D eigenvalue weighted by Gasteiger charge is 2.21.